The number of benzene rings is 3. The van der Waals surface area contributed by atoms with Crippen LogP contribution in [0.25, 0.3) is 0 Å². The normalized spacial score (nSPS) is 13.4. The van der Waals surface area contributed by atoms with Crippen LogP contribution in [0.4, 0.5) is 0 Å². The Balaban J connectivity index is 0. The molecule has 3 aromatic carbocycles. The van der Waals surface area contributed by atoms with Gasteiger partial charge < -0.3 is 87.0 Å². The number of carbonyl (C=O) groups excluding carboxylic acids is 9. The lowest BCUT2D eigenvalue weighted by molar-refractivity contribution is -0.148. The number of esters is 2. The lowest BCUT2D eigenvalue weighted by Gasteiger charge is -2.40. The molecule has 29 nitrogen and oxygen atoms in total. The number of nitrogens with two attached hydrogens (primary N) is 3. The average molecular weight is 1810 g/mol. The molecule has 0 aliphatic rings. The Morgan fingerprint density at radius 2 is 0.813 bits per heavy atom. The molecule has 0 bridgehead atoms. The molecule has 0 saturated heterocycles. The molecule has 3 aromatic rings. The Bertz CT molecular complexity index is 3770. The number of carbonyl (C=O) groups is 9. The zero-order valence-electron chi connectivity index (χ0n) is 74.7. The van der Waals surface area contributed by atoms with Crippen molar-refractivity contribution in [2.75, 3.05) is 153 Å². The van der Waals surface area contributed by atoms with E-state index in [0.717, 1.165) is 35.7 Å². The summed E-state index contributed by atoms with van der Waals surface area (Å²) in [5.41, 5.74) is 16.3. The minimum atomic E-state index is -1.24. The quantitative estimate of drug-likeness (QED) is 0.0110. The maximum Gasteiger partial charge on any atom is 0.333 e. The Kier molecular flexibility index (Phi) is 65.8. The first-order chi connectivity index (χ1) is 58.4. The number of hydrogen-bond acceptors (Lipinski definition) is 28. The number of thiocarbonyl (C=S) groups is 2. The van der Waals surface area contributed by atoms with Crippen LogP contribution >= 0.6 is 59.7 Å². The van der Waals surface area contributed by atoms with Gasteiger partial charge in [-0.15, -0.1) is 0 Å². The first-order valence-corrected chi connectivity index (χ1v) is 44.4. The van der Waals surface area contributed by atoms with Crippen LogP contribution in [0.2, 0.25) is 0 Å². The van der Waals surface area contributed by atoms with Crippen LogP contribution in [-0.2, 0) is 76.3 Å². The molecule has 0 fully saturated rings. The number of nitrogens with one attached hydrogen (secondary N) is 6. The van der Waals surface area contributed by atoms with Gasteiger partial charge in [0.1, 0.15) is 14.2 Å². The largest absolute Gasteiger partial charge is 0.465 e. The SMILES string of the molecule is C=C(C)C(=O)NCCCN.C=C(C)C(=O)OCCC.CCCOC(=O)C(C)(CC(C)(CC(C)(C#N)CCC(=O)NCCOCCOC)C(=O)NCCCN)SC(=S)c1ccccc1.COCCOCCNC(=O)CCC(C)(C#N)CC(C)(SC(=O)c1ccccc1)C(=O)NCCCN.COCCOCCNC(=O)CCC(C)(C#N)SC(=S)c1ccccc1. The number of nitriles is 3. The zero-order chi connectivity index (χ0) is 93.0. The molecule has 0 aromatic heterocycles. The fourth-order valence-electron chi connectivity index (χ4n) is 10.9. The van der Waals surface area contributed by atoms with Gasteiger partial charge >= 0.3 is 11.9 Å². The molecule has 3 rings (SSSR count). The van der Waals surface area contributed by atoms with Crippen molar-refractivity contribution in [3.8, 4) is 18.2 Å². The third-order valence-electron chi connectivity index (χ3n) is 17.7. The van der Waals surface area contributed by atoms with Gasteiger partial charge in [-0.1, -0.05) is 185 Å². The molecular formula is C89H138N12O17S5. The lowest BCUT2D eigenvalue weighted by Crippen LogP contribution is -2.49. The molecule has 686 valence electrons. The number of ether oxygens (including phenoxy) is 8. The molecule has 0 saturated carbocycles. The topological polar surface area (TPSA) is 449 Å². The van der Waals surface area contributed by atoms with E-state index in [-0.39, 0.29) is 105 Å². The summed E-state index contributed by atoms with van der Waals surface area (Å²) in [5, 5.41) is 46.3. The maximum absolute atomic E-state index is 13.8. The summed E-state index contributed by atoms with van der Waals surface area (Å²) in [6.45, 7) is 33.2. The van der Waals surface area contributed by atoms with Crippen LogP contribution in [0.5, 0.6) is 0 Å². The molecule has 0 aliphatic heterocycles. The van der Waals surface area contributed by atoms with Crippen LogP contribution in [0.3, 0.4) is 0 Å². The van der Waals surface area contributed by atoms with E-state index in [4.69, 9.17) is 79.5 Å². The molecule has 6 amide bonds. The summed E-state index contributed by atoms with van der Waals surface area (Å²) in [7, 11) is 4.78. The van der Waals surface area contributed by atoms with Crippen molar-refractivity contribution in [3.63, 3.8) is 0 Å². The standard InChI is InChI=1S/C32H50N4O6S2.C25H38N4O5S.C18H24N2O3S2.C7H14N2O.C7H12O2/c1-6-18-42-29(39)32(4,44-27(43)25-11-8-7-9-12-25)23-31(3,28(38)36-16-10-15-33)22-30(2,24-34)14-13-26(37)35-17-19-41-21-20-40-5;1-24(19-27,11-10-21(30)28-14-15-34-17-16-33-3)18-25(2,23(32)29-13-7-12-26)35-22(31)20-8-5-4-6-9-20;1-18(14-19,25-17(24)15-6-4-3-5-7-15)9-8-16(21)20-10-11-23-13-12-22-2;1-6(2)7(10)9-5-3-4-8;1-4-5-9-7(8)6(2)3/h7-9,11-12H,6,10,13-23,33H2,1-5H3,(H,35,37)(H,36,38);4-6,8-9H,7,10-18,26H2,1-3H3,(H,28,30)(H,29,32);3-7H,8-13H2,1-2H3,(H,20,21);1,3-5,8H2,2H3,(H,9,10);2,4-5H2,1,3H3. The first kappa shape index (κ1) is 117. The van der Waals surface area contributed by atoms with Gasteiger partial charge in [0.2, 0.25) is 40.6 Å². The van der Waals surface area contributed by atoms with Crippen molar-refractivity contribution in [3.05, 3.63) is 132 Å². The van der Waals surface area contributed by atoms with Gasteiger partial charge in [-0.3, -0.25) is 38.4 Å². The third-order valence-corrected chi connectivity index (χ3v) is 22.2. The molecule has 0 heterocycles. The van der Waals surface area contributed by atoms with Crippen LogP contribution in [-0.4, -0.2) is 228 Å². The minimum absolute atomic E-state index is 0.0525. The highest BCUT2D eigenvalue weighted by Crippen LogP contribution is 2.48. The van der Waals surface area contributed by atoms with E-state index in [0.29, 0.717) is 176 Å². The predicted octanol–water partition coefficient (Wildman–Crippen LogP) is 10.9. The van der Waals surface area contributed by atoms with E-state index in [2.05, 4.69) is 63.3 Å². The number of methoxy groups -OCH3 is 3. The number of amides is 6. The summed E-state index contributed by atoms with van der Waals surface area (Å²) in [6, 6.07) is 34.5. The highest BCUT2D eigenvalue weighted by atomic mass is 32.2. The molecular weight excluding hydrogens is 1670 g/mol. The summed E-state index contributed by atoms with van der Waals surface area (Å²) in [5.74, 6) is -2.01. The van der Waals surface area contributed by atoms with Crippen molar-refractivity contribution in [1.82, 2.24) is 31.9 Å². The van der Waals surface area contributed by atoms with Crippen LogP contribution in [0.15, 0.2) is 115 Å². The van der Waals surface area contributed by atoms with E-state index < -0.39 is 36.5 Å². The van der Waals surface area contributed by atoms with Crippen LogP contribution in [0.1, 0.15) is 181 Å². The van der Waals surface area contributed by atoms with Crippen LogP contribution in [0, 0.1) is 50.2 Å². The molecule has 0 spiro atoms. The summed E-state index contributed by atoms with van der Waals surface area (Å²) >= 11 is 14.6. The summed E-state index contributed by atoms with van der Waals surface area (Å²) in [4.78, 5) is 112. The molecule has 0 aliphatic carbocycles. The Morgan fingerprint density at radius 3 is 1.20 bits per heavy atom. The van der Waals surface area contributed by atoms with E-state index in [1.807, 2.05) is 87.5 Å². The lowest BCUT2D eigenvalue weighted by atomic mass is 9.67. The second-order valence-corrected chi connectivity index (χ2v) is 35.7. The van der Waals surface area contributed by atoms with Gasteiger partial charge in [-0.25, -0.2) is 4.79 Å². The number of rotatable bonds is 57. The predicted molar refractivity (Wildman–Crippen MR) is 497 cm³/mol. The highest BCUT2D eigenvalue weighted by molar-refractivity contribution is 8.25. The fraction of sp³-hybridized carbons (Fsp3) is 0.596. The Hall–Kier alpha value is -8.09. The highest BCUT2D eigenvalue weighted by Gasteiger charge is 2.50. The van der Waals surface area contributed by atoms with Crippen molar-refractivity contribution < 1.29 is 81.0 Å². The van der Waals surface area contributed by atoms with Crippen molar-refractivity contribution in [1.29, 1.82) is 15.8 Å². The number of thioether (sulfide) groups is 3. The van der Waals surface area contributed by atoms with Gasteiger partial charge in [0.15, 0.2) is 0 Å². The van der Waals surface area contributed by atoms with E-state index >= 15 is 0 Å². The minimum Gasteiger partial charge on any atom is -0.465 e. The Morgan fingerprint density at radius 1 is 0.431 bits per heavy atom. The fourth-order valence-corrected chi connectivity index (χ4v) is 15.6. The molecule has 123 heavy (non-hydrogen) atoms. The van der Waals surface area contributed by atoms with Gasteiger partial charge in [0.05, 0.1) is 110 Å². The Labute approximate surface area is 754 Å². The van der Waals surface area contributed by atoms with Gasteiger partial charge in [0.25, 0.3) is 0 Å². The molecule has 34 heteroatoms. The van der Waals surface area contributed by atoms with Crippen molar-refractivity contribution in [2.24, 2.45) is 33.4 Å². The van der Waals surface area contributed by atoms with Crippen molar-refractivity contribution in [2.45, 2.75) is 173 Å². The maximum atomic E-state index is 13.8. The molecule has 6 unspecified atom stereocenters. The van der Waals surface area contributed by atoms with E-state index in [9.17, 15) is 58.9 Å². The second-order valence-electron chi connectivity index (χ2n) is 29.9. The van der Waals surface area contributed by atoms with E-state index in [1.165, 1.54) is 23.5 Å². The van der Waals surface area contributed by atoms with Crippen LogP contribution < -0.4 is 49.1 Å². The third kappa shape index (κ3) is 55.1. The average Bonchev–Trinajstić information content (AvgIpc) is 0.772. The number of nitrogens with zero attached hydrogens (tertiary/aromatic N) is 3. The molecule has 12 N–H and O–H groups in total. The zero-order valence-corrected chi connectivity index (χ0v) is 78.8. The van der Waals surface area contributed by atoms with Gasteiger partial charge in [0, 0.05) is 102 Å². The van der Waals surface area contributed by atoms with Gasteiger partial charge in [-0.05, 0) is 150 Å². The molecule has 6 atom stereocenters. The molecule has 0 radical (unpaired) electrons. The summed E-state index contributed by atoms with van der Waals surface area (Å²) in [6.07, 6.45) is 5.12. The number of hydrogen-bond donors (Lipinski definition) is 9. The second kappa shape index (κ2) is 69.2. The first-order valence-electron chi connectivity index (χ1n) is 41.1. The van der Waals surface area contributed by atoms with Gasteiger partial charge in [-0.2, -0.15) is 15.8 Å². The monoisotopic (exact) mass is 1810 g/mol. The van der Waals surface area contributed by atoms with E-state index in [1.54, 1.807) is 94.1 Å². The summed E-state index contributed by atoms with van der Waals surface area (Å²) < 4.78 is 39.0. The smallest absolute Gasteiger partial charge is 0.333 e. The van der Waals surface area contributed by atoms with Crippen molar-refractivity contribution >= 4 is 121 Å².